The van der Waals surface area contributed by atoms with Crippen LogP contribution >= 0.6 is 0 Å². The molecule has 0 bridgehead atoms. The zero-order chi connectivity index (χ0) is 25.4. The maximum absolute atomic E-state index is 13.0. The third-order valence-corrected chi connectivity index (χ3v) is 4.98. The van der Waals surface area contributed by atoms with Crippen molar-refractivity contribution in [2.24, 2.45) is 5.10 Å². The number of hydrogen-bond acceptors (Lipinski definition) is 8. The normalized spacial score (nSPS) is 16.4. The van der Waals surface area contributed by atoms with Crippen LogP contribution in [0.5, 0.6) is 11.5 Å². The molecule has 2 aromatic carbocycles. The Labute approximate surface area is 201 Å². The summed E-state index contributed by atoms with van der Waals surface area (Å²) in [5.41, 5.74) is 4.41. The number of carbonyl (C=O) groups excluding carboxylic acids is 2. The Kier molecular flexibility index (Phi) is 8.63. The summed E-state index contributed by atoms with van der Waals surface area (Å²) in [5.74, 6) is -0.218. The van der Waals surface area contributed by atoms with Crippen molar-refractivity contribution in [1.82, 2.24) is 16.1 Å². The van der Waals surface area contributed by atoms with Crippen molar-refractivity contribution in [3.05, 3.63) is 70.7 Å². The highest BCUT2D eigenvalue weighted by atomic mass is 19.1. The molecule has 3 rings (SSSR count). The molecule has 0 radical (unpaired) electrons. The average Bonchev–Trinajstić information content (AvgIpc) is 2.83. The van der Waals surface area contributed by atoms with E-state index in [4.69, 9.17) is 14.2 Å². The number of urea groups is 1. The molecule has 11 heteroatoms. The van der Waals surface area contributed by atoms with Gasteiger partial charge in [0.05, 0.1) is 31.5 Å². The van der Waals surface area contributed by atoms with Gasteiger partial charge < -0.3 is 30.0 Å². The molecule has 0 fully saturated rings. The summed E-state index contributed by atoms with van der Waals surface area (Å²) in [6.07, 6.45) is 0.297. The van der Waals surface area contributed by atoms with Gasteiger partial charge in [-0.15, -0.1) is 0 Å². The van der Waals surface area contributed by atoms with Crippen LogP contribution in [0.1, 0.15) is 31.0 Å². The van der Waals surface area contributed by atoms with Crippen molar-refractivity contribution in [3.63, 3.8) is 0 Å². The molecule has 10 nitrogen and oxygen atoms in total. The second-order valence-corrected chi connectivity index (χ2v) is 7.47. The second-order valence-electron chi connectivity index (χ2n) is 7.47. The number of hydrogen-bond donors (Lipinski definition) is 4. The van der Waals surface area contributed by atoms with E-state index < -0.39 is 24.3 Å². The summed E-state index contributed by atoms with van der Waals surface area (Å²) in [5, 5.41) is 19.3. The molecular formula is C24H27FN4O6. The Hall–Kier alpha value is -4.12. The van der Waals surface area contributed by atoms with Crippen LogP contribution in [0.4, 0.5) is 9.18 Å². The second kappa shape index (κ2) is 11.8. The van der Waals surface area contributed by atoms with E-state index in [9.17, 15) is 19.1 Å². The van der Waals surface area contributed by atoms with E-state index in [1.54, 1.807) is 44.2 Å². The van der Waals surface area contributed by atoms with E-state index >= 15 is 0 Å². The number of benzene rings is 2. The minimum Gasteiger partial charge on any atom is -0.490 e. The number of carbonyl (C=O) groups is 2. The molecule has 0 spiro atoms. The number of ether oxygens (including phenoxy) is 3. The maximum Gasteiger partial charge on any atom is 0.337 e. The van der Waals surface area contributed by atoms with Crippen molar-refractivity contribution in [3.8, 4) is 11.5 Å². The highest BCUT2D eigenvalue weighted by Gasteiger charge is 2.32. The maximum atomic E-state index is 13.0. The predicted octanol–water partition coefficient (Wildman–Crippen LogP) is 2.35. The van der Waals surface area contributed by atoms with Crippen LogP contribution in [0.25, 0.3) is 0 Å². The van der Waals surface area contributed by atoms with E-state index in [2.05, 4.69) is 21.2 Å². The minimum atomic E-state index is -1.14. The van der Waals surface area contributed by atoms with Gasteiger partial charge in [0.1, 0.15) is 12.4 Å². The van der Waals surface area contributed by atoms with Gasteiger partial charge in [-0.05, 0) is 49.2 Å². The number of halogens is 1. The lowest BCUT2D eigenvalue weighted by Crippen LogP contribution is -2.45. The first-order chi connectivity index (χ1) is 16.8. The number of rotatable bonds is 10. The number of aliphatic hydroxyl groups excluding tert-OH is 1. The first-order valence-corrected chi connectivity index (χ1v) is 10.8. The Bertz CT molecular complexity index is 1120. The van der Waals surface area contributed by atoms with Crippen molar-refractivity contribution in [2.45, 2.75) is 26.1 Å². The summed E-state index contributed by atoms with van der Waals surface area (Å²) in [7, 11) is 1.27. The lowest BCUT2D eigenvalue weighted by Gasteiger charge is -2.28. The molecular weight excluding hydrogens is 459 g/mol. The molecule has 0 aliphatic carbocycles. The minimum absolute atomic E-state index is 0.156. The van der Waals surface area contributed by atoms with Gasteiger partial charge in [-0.1, -0.05) is 18.2 Å². The van der Waals surface area contributed by atoms with Crippen molar-refractivity contribution in [1.29, 1.82) is 0 Å². The van der Waals surface area contributed by atoms with E-state index in [-0.39, 0.29) is 18.0 Å². The third kappa shape index (κ3) is 6.70. The summed E-state index contributed by atoms with van der Waals surface area (Å²) >= 11 is 0. The van der Waals surface area contributed by atoms with Gasteiger partial charge in [0.25, 0.3) is 0 Å². The molecule has 2 atom stereocenters. The van der Waals surface area contributed by atoms with Crippen LogP contribution < -0.4 is 25.5 Å². The first-order valence-electron chi connectivity index (χ1n) is 10.8. The van der Waals surface area contributed by atoms with Gasteiger partial charge >= 0.3 is 12.0 Å². The predicted molar refractivity (Wildman–Crippen MR) is 125 cm³/mol. The molecule has 1 heterocycles. The van der Waals surface area contributed by atoms with E-state index in [0.717, 1.165) is 0 Å². The monoisotopic (exact) mass is 486 g/mol. The Morgan fingerprint density at radius 1 is 1.23 bits per heavy atom. The summed E-state index contributed by atoms with van der Waals surface area (Å²) in [6.45, 7) is 3.59. The van der Waals surface area contributed by atoms with Crippen LogP contribution in [-0.4, -0.2) is 49.9 Å². The first kappa shape index (κ1) is 25.5. The highest BCUT2D eigenvalue weighted by molar-refractivity contribution is 5.95. The van der Waals surface area contributed by atoms with Crippen molar-refractivity contribution < 1.29 is 33.3 Å². The van der Waals surface area contributed by atoms with Crippen LogP contribution in [0.2, 0.25) is 0 Å². The summed E-state index contributed by atoms with van der Waals surface area (Å²) in [4.78, 5) is 24.4. The zero-order valence-corrected chi connectivity index (χ0v) is 19.5. The van der Waals surface area contributed by atoms with Gasteiger partial charge in [0, 0.05) is 5.70 Å². The fourth-order valence-electron chi connectivity index (χ4n) is 3.37. The largest absolute Gasteiger partial charge is 0.490 e. The average molecular weight is 487 g/mol. The molecule has 1 aliphatic heterocycles. The molecule has 186 valence electrons. The number of esters is 1. The van der Waals surface area contributed by atoms with Gasteiger partial charge in [-0.3, -0.25) is 5.43 Å². The molecule has 1 aliphatic rings. The van der Waals surface area contributed by atoms with Crippen molar-refractivity contribution in [2.75, 3.05) is 20.3 Å². The molecule has 35 heavy (non-hydrogen) atoms. The fraction of sp³-hybridized carbons (Fsp3) is 0.292. The number of nitrogens with one attached hydrogen (secondary N) is 3. The third-order valence-electron chi connectivity index (χ3n) is 4.98. The van der Waals surface area contributed by atoms with Gasteiger partial charge in [-0.2, -0.15) is 5.10 Å². The fourth-order valence-corrected chi connectivity index (χ4v) is 3.37. The number of amides is 2. The van der Waals surface area contributed by atoms with Crippen LogP contribution in [0.3, 0.4) is 0 Å². The highest BCUT2D eigenvalue weighted by Crippen LogP contribution is 2.34. The molecule has 4 N–H and O–H groups in total. The molecule has 2 amide bonds. The van der Waals surface area contributed by atoms with Crippen LogP contribution in [0, 0.1) is 5.82 Å². The van der Waals surface area contributed by atoms with E-state index in [1.807, 2.05) is 0 Å². The quantitative estimate of drug-likeness (QED) is 0.176. The van der Waals surface area contributed by atoms with Crippen molar-refractivity contribution >= 4 is 18.2 Å². The Morgan fingerprint density at radius 2 is 1.97 bits per heavy atom. The van der Waals surface area contributed by atoms with Gasteiger partial charge in [0.15, 0.2) is 17.7 Å². The molecule has 0 saturated carbocycles. The van der Waals surface area contributed by atoms with Gasteiger partial charge in [0.2, 0.25) is 0 Å². The van der Waals surface area contributed by atoms with E-state index in [0.29, 0.717) is 34.9 Å². The summed E-state index contributed by atoms with van der Waals surface area (Å²) < 4.78 is 29.2. The van der Waals surface area contributed by atoms with Crippen LogP contribution in [0.15, 0.2) is 58.8 Å². The SMILES string of the molecule is CCOc1cc([C@H]2NC(=O)NC(C)=C2C(=O)OC)ccc1OC[C@H](O)N/N=C\c1ccc(F)cc1. The number of aliphatic hydroxyl groups is 1. The Balaban J connectivity index is 1.71. The lowest BCUT2D eigenvalue weighted by molar-refractivity contribution is -0.136. The number of allylic oxidation sites excluding steroid dienone is 1. The molecule has 0 unspecified atom stereocenters. The zero-order valence-electron chi connectivity index (χ0n) is 19.5. The lowest BCUT2D eigenvalue weighted by atomic mass is 9.95. The molecule has 0 saturated heterocycles. The number of nitrogens with zero attached hydrogens (tertiary/aromatic N) is 1. The topological polar surface area (TPSA) is 131 Å². The summed E-state index contributed by atoms with van der Waals surface area (Å²) in [6, 6.07) is 9.45. The number of methoxy groups -OCH3 is 1. The van der Waals surface area contributed by atoms with E-state index in [1.165, 1.54) is 25.5 Å². The van der Waals surface area contributed by atoms with Gasteiger partial charge in [-0.25, -0.2) is 14.0 Å². The van der Waals surface area contributed by atoms with Crippen LogP contribution in [-0.2, 0) is 9.53 Å². The standard InChI is InChI=1S/C24H27FN4O6/c1-4-34-19-11-16(22-21(23(31)33-3)14(2)27-24(32)28-22)7-10-18(19)35-13-20(30)29-26-12-15-5-8-17(25)9-6-15/h5-12,20,22,29-30H,4,13H2,1-3H3,(H2,27,28,32)/b26-12-/t20-,22+/m0/s1. The smallest absolute Gasteiger partial charge is 0.337 e. The molecule has 0 aromatic heterocycles. The molecule has 2 aromatic rings. The number of hydrazone groups is 1. The Morgan fingerprint density at radius 3 is 2.66 bits per heavy atom.